The van der Waals surface area contributed by atoms with E-state index < -0.39 is 28.5 Å². The number of carbonyl (C=O) groups is 1. The average Bonchev–Trinajstić information content (AvgIpc) is 2.63. The molecule has 0 aromatic heterocycles. The van der Waals surface area contributed by atoms with Gasteiger partial charge in [-0.15, -0.1) is 0 Å². The first-order chi connectivity index (χ1) is 13.1. The number of rotatable bonds is 9. The predicted molar refractivity (Wildman–Crippen MR) is 112 cm³/mol. The van der Waals surface area contributed by atoms with Crippen LogP contribution < -0.4 is 5.73 Å². The quantitative estimate of drug-likeness (QED) is 0.623. The Morgan fingerprint density at radius 3 is 2.29 bits per heavy atom. The SMILES string of the molecule is CC(C)CCN(C(C(=O)CO)C(C)C)S(=O)(=O)c1ccc2ccc(N)cc2c1. The Hall–Kier alpha value is -1.96. The first kappa shape index (κ1) is 22.3. The van der Waals surface area contributed by atoms with Crippen molar-refractivity contribution in [3.8, 4) is 0 Å². The molecule has 2 aromatic rings. The van der Waals surface area contributed by atoms with Crippen LogP contribution in [0.25, 0.3) is 10.8 Å². The van der Waals surface area contributed by atoms with Crippen LogP contribution in [0.1, 0.15) is 34.1 Å². The molecule has 0 heterocycles. The number of aliphatic hydroxyl groups excluding tert-OH is 1. The van der Waals surface area contributed by atoms with Crippen molar-refractivity contribution in [2.75, 3.05) is 18.9 Å². The van der Waals surface area contributed by atoms with Crippen molar-refractivity contribution in [1.29, 1.82) is 0 Å². The summed E-state index contributed by atoms with van der Waals surface area (Å²) in [7, 11) is -3.94. The number of benzene rings is 2. The van der Waals surface area contributed by atoms with Crippen LogP contribution in [0.4, 0.5) is 5.69 Å². The molecular weight excluding hydrogens is 376 g/mol. The van der Waals surface area contributed by atoms with Crippen molar-refractivity contribution in [2.45, 2.75) is 45.1 Å². The second kappa shape index (κ2) is 9.03. The summed E-state index contributed by atoms with van der Waals surface area (Å²) >= 11 is 0. The Morgan fingerprint density at radius 2 is 1.71 bits per heavy atom. The number of aliphatic hydroxyl groups is 1. The van der Waals surface area contributed by atoms with Gasteiger partial charge in [0, 0.05) is 12.2 Å². The lowest BCUT2D eigenvalue weighted by Crippen LogP contribution is -2.49. The summed E-state index contributed by atoms with van der Waals surface area (Å²) in [6.07, 6.45) is 0.613. The molecule has 0 spiro atoms. The molecular formula is C21H30N2O4S. The van der Waals surface area contributed by atoms with Crippen molar-refractivity contribution in [3.63, 3.8) is 0 Å². The molecule has 154 valence electrons. The highest BCUT2D eigenvalue weighted by molar-refractivity contribution is 7.89. The number of nitrogen functional groups attached to an aromatic ring is 1. The van der Waals surface area contributed by atoms with Gasteiger partial charge < -0.3 is 10.8 Å². The topological polar surface area (TPSA) is 101 Å². The zero-order valence-corrected chi connectivity index (χ0v) is 17.7. The van der Waals surface area contributed by atoms with Gasteiger partial charge in [-0.25, -0.2) is 8.42 Å². The minimum atomic E-state index is -3.94. The Kier molecular flexibility index (Phi) is 7.20. The number of Topliss-reactive ketones (excluding diaryl/α,β-unsaturated/α-hetero) is 1. The number of sulfonamides is 1. The number of ketones is 1. The van der Waals surface area contributed by atoms with Gasteiger partial charge in [-0.2, -0.15) is 4.31 Å². The van der Waals surface area contributed by atoms with Crippen molar-refractivity contribution in [1.82, 2.24) is 4.31 Å². The number of fused-ring (bicyclic) bond motifs is 1. The molecule has 28 heavy (non-hydrogen) atoms. The van der Waals surface area contributed by atoms with Gasteiger partial charge in [-0.1, -0.05) is 39.8 Å². The number of anilines is 1. The van der Waals surface area contributed by atoms with Crippen LogP contribution in [-0.4, -0.2) is 42.8 Å². The van der Waals surface area contributed by atoms with E-state index in [0.29, 0.717) is 12.1 Å². The number of hydrogen-bond acceptors (Lipinski definition) is 5. The first-order valence-electron chi connectivity index (χ1n) is 9.52. The minimum Gasteiger partial charge on any atom is -0.399 e. The van der Waals surface area contributed by atoms with E-state index in [4.69, 9.17) is 5.73 Å². The highest BCUT2D eigenvalue weighted by Crippen LogP contribution is 2.27. The van der Waals surface area contributed by atoms with E-state index >= 15 is 0 Å². The molecule has 0 aliphatic heterocycles. The maximum Gasteiger partial charge on any atom is 0.243 e. The summed E-state index contributed by atoms with van der Waals surface area (Å²) in [5.41, 5.74) is 6.39. The summed E-state index contributed by atoms with van der Waals surface area (Å²) < 4.78 is 28.3. The number of nitrogens with zero attached hydrogens (tertiary/aromatic N) is 1. The van der Waals surface area contributed by atoms with Crippen LogP contribution in [-0.2, 0) is 14.8 Å². The summed E-state index contributed by atoms with van der Waals surface area (Å²) in [5, 5.41) is 11.0. The molecule has 0 aliphatic carbocycles. The van der Waals surface area contributed by atoms with Gasteiger partial charge >= 0.3 is 0 Å². The average molecular weight is 407 g/mol. The second-order valence-corrected chi connectivity index (χ2v) is 9.77. The molecule has 0 bridgehead atoms. The Morgan fingerprint density at radius 1 is 1.07 bits per heavy atom. The highest BCUT2D eigenvalue weighted by atomic mass is 32.2. The maximum absolute atomic E-state index is 13.5. The Bertz CT molecular complexity index is 939. The van der Waals surface area contributed by atoms with Gasteiger partial charge in [-0.3, -0.25) is 4.79 Å². The summed E-state index contributed by atoms with van der Waals surface area (Å²) in [6.45, 7) is 7.10. The van der Waals surface area contributed by atoms with Crippen molar-refractivity contribution < 1.29 is 18.3 Å². The zero-order valence-electron chi connectivity index (χ0n) is 16.9. The minimum absolute atomic E-state index is 0.116. The summed E-state index contributed by atoms with van der Waals surface area (Å²) in [5.74, 6) is -0.490. The van der Waals surface area contributed by atoms with Crippen LogP contribution in [0.2, 0.25) is 0 Å². The molecule has 0 fully saturated rings. The van der Waals surface area contributed by atoms with Crippen molar-refractivity contribution in [3.05, 3.63) is 36.4 Å². The van der Waals surface area contributed by atoms with E-state index in [2.05, 4.69) is 0 Å². The van der Waals surface area contributed by atoms with Crippen LogP contribution in [0, 0.1) is 11.8 Å². The molecule has 0 saturated heterocycles. The van der Waals surface area contributed by atoms with Crippen LogP contribution in [0.15, 0.2) is 41.3 Å². The lowest BCUT2D eigenvalue weighted by molar-refractivity contribution is -0.126. The van der Waals surface area contributed by atoms with E-state index in [1.54, 1.807) is 44.2 Å². The number of hydrogen-bond donors (Lipinski definition) is 2. The molecule has 7 heteroatoms. The fourth-order valence-corrected chi connectivity index (χ4v) is 5.08. The molecule has 2 rings (SSSR count). The fourth-order valence-electron chi connectivity index (χ4n) is 3.29. The molecule has 2 aromatic carbocycles. The lowest BCUT2D eigenvalue weighted by atomic mass is 9.99. The third kappa shape index (κ3) is 4.90. The third-order valence-corrected chi connectivity index (χ3v) is 6.67. The number of nitrogens with two attached hydrogens (primary N) is 1. The molecule has 0 amide bonds. The van der Waals surface area contributed by atoms with E-state index in [1.807, 2.05) is 19.9 Å². The zero-order chi connectivity index (χ0) is 21.1. The molecule has 0 aliphatic rings. The largest absolute Gasteiger partial charge is 0.399 e. The predicted octanol–water partition coefficient (Wildman–Crippen LogP) is 3.04. The second-order valence-electron chi connectivity index (χ2n) is 7.88. The Labute approximate surface area is 167 Å². The Balaban J connectivity index is 2.57. The third-order valence-electron chi connectivity index (χ3n) is 4.80. The maximum atomic E-state index is 13.5. The van der Waals surface area contributed by atoms with Gasteiger partial charge in [0.15, 0.2) is 5.78 Å². The monoisotopic (exact) mass is 406 g/mol. The van der Waals surface area contributed by atoms with Gasteiger partial charge in [0.05, 0.1) is 10.9 Å². The molecule has 1 atom stereocenters. The van der Waals surface area contributed by atoms with E-state index in [1.165, 1.54) is 4.31 Å². The smallest absolute Gasteiger partial charge is 0.243 e. The fraction of sp³-hybridized carbons (Fsp3) is 0.476. The molecule has 6 nitrogen and oxygen atoms in total. The van der Waals surface area contributed by atoms with Gasteiger partial charge in [-0.05, 0) is 53.3 Å². The molecule has 0 saturated carbocycles. The van der Waals surface area contributed by atoms with Gasteiger partial charge in [0.1, 0.15) is 6.61 Å². The lowest BCUT2D eigenvalue weighted by Gasteiger charge is -2.32. The molecule has 1 unspecified atom stereocenters. The van der Waals surface area contributed by atoms with Crippen LogP contribution in [0.5, 0.6) is 0 Å². The van der Waals surface area contributed by atoms with Crippen molar-refractivity contribution in [2.24, 2.45) is 11.8 Å². The normalized spacial score (nSPS) is 13.6. The first-order valence-corrected chi connectivity index (χ1v) is 11.0. The van der Waals surface area contributed by atoms with Crippen LogP contribution >= 0.6 is 0 Å². The van der Waals surface area contributed by atoms with E-state index in [-0.39, 0.29) is 23.3 Å². The van der Waals surface area contributed by atoms with Gasteiger partial charge in [0.2, 0.25) is 10.0 Å². The summed E-state index contributed by atoms with van der Waals surface area (Å²) in [4.78, 5) is 12.5. The summed E-state index contributed by atoms with van der Waals surface area (Å²) in [6, 6.07) is 9.29. The standard InChI is InChI=1S/C21H30N2O4S/c1-14(2)9-10-23(21(15(3)4)20(25)13-24)28(26,27)19-8-6-16-5-7-18(22)11-17(16)12-19/h5-8,11-12,14-15,21,24H,9-10,13,22H2,1-4H3. The van der Waals surface area contributed by atoms with Crippen molar-refractivity contribution >= 4 is 32.3 Å². The van der Waals surface area contributed by atoms with Crippen LogP contribution in [0.3, 0.4) is 0 Å². The molecule has 0 radical (unpaired) electrons. The van der Waals surface area contributed by atoms with E-state index in [0.717, 1.165) is 10.8 Å². The number of carbonyl (C=O) groups excluding carboxylic acids is 1. The molecule has 3 N–H and O–H groups in total. The van der Waals surface area contributed by atoms with E-state index in [9.17, 15) is 18.3 Å². The highest BCUT2D eigenvalue weighted by Gasteiger charge is 2.37. The van der Waals surface area contributed by atoms with Gasteiger partial charge in [0.25, 0.3) is 0 Å².